The molecule has 1 amide bonds. The maximum atomic E-state index is 11.5. The number of nitrogens with zero attached hydrogens (tertiary/aromatic N) is 3. The average molecular weight is 303 g/mol. The van der Waals surface area contributed by atoms with Crippen LogP contribution in [0.4, 0.5) is 5.82 Å². The fourth-order valence-corrected chi connectivity index (χ4v) is 2.67. The molecular weight excluding hydrogens is 290 g/mol. The number of rotatable bonds is 2. The fraction of sp³-hybridized carbons (Fsp3) is 0. The van der Waals surface area contributed by atoms with Crippen LogP contribution >= 0.6 is 0 Å². The zero-order valence-electron chi connectivity index (χ0n) is 12.1. The van der Waals surface area contributed by atoms with Gasteiger partial charge in [0.1, 0.15) is 5.69 Å². The molecule has 0 saturated carbocycles. The van der Waals surface area contributed by atoms with Crippen molar-refractivity contribution in [1.82, 2.24) is 14.4 Å². The van der Waals surface area contributed by atoms with Gasteiger partial charge in [-0.25, -0.2) is 9.97 Å². The summed E-state index contributed by atoms with van der Waals surface area (Å²) >= 11 is 0. The highest BCUT2D eigenvalue weighted by Crippen LogP contribution is 2.25. The number of nitrogens with two attached hydrogens (primary N) is 2. The summed E-state index contributed by atoms with van der Waals surface area (Å²) in [5.74, 6) is -0.327. The molecule has 4 aromatic rings. The Hall–Kier alpha value is -3.41. The van der Waals surface area contributed by atoms with Crippen molar-refractivity contribution in [2.75, 3.05) is 5.73 Å². The predicted molar refractivity (Wildman–Crippen MR) is 88.9 cm³/mol. The van der Waals surface area contributed by atoms with Gasteiger partial charge in [-0.15, -0.1) is 0 Å². The summed E-state index contributed by atoms with van der Waals surface area (Å²) in [6.07, 6.45) is 3.11. The first-order chi connectivity index (χ1) is 11.1. The van der Waals surface area contributed by atoms with E-state index in [1.807, 2.05) is 36.4 Å². The molecule has 6 heteroatoms. The normalized spacial score (nSPS) is 11.1. The van der Waals surface area contributed by atoms with E-state index in [0.29, 0.717) is 11.3 Å². The summed E-state index contributed by atoms with van der Waals surface area (Å²) in [6.45, 7) is 0. The lowest BCUT2D eigenvalue weighted by molar-refractivity contribution is 0.0994. The number of hydrogen-bond donors (Lipinski definition) is 2. The van der Waals surface area contributed by atoms with Crippen LogP contribution in [-0.2, 0) is 0 Å². The largest absolute Gasteiger partial charge is 0.381 e. The van der Waals surface area contributed by atoms with E-state index in [9.17, 15) is 4.79 Å². The Kier molecular flexibility index (Phi) is 2.77. The Balaban J connectivity index is 1.95. The molecule has 0 aliphatic heterocycles. The van der Waals surface area contributed by atoms with Crippen LogP contribution in [0.2, 0.25) is 0 Å². The minimum Gasteiger partial charge on any atom is -0.381 e. The summed E-state index contributed by atoms with van der Waals surface area (Å²) < 4.78 is 1.58. The first-order valence-corrected chi connectivity index (χ1v) is 7.06. The molecule has 4 rings (SSSR count). The number of carbonyl (C=O) groups excluding carboxylic acids is 1. The second-order valence-electron chi connectivity index (χ2n) is 5.27. The molecule has 2 aromatic carbocycles. The molecule has 4 N–H and O–H groups in total. The number of imidazole rings is 1. The molecule has 0 radical (unpaired) electrons. The van der Waals surface area contributed by atoms with E-state index >= 15 is 0 Å². The number of nitrogen functional groups attached to an aromatic ring is 1. The quantitative estimate of drug-likeness (QED) is 0.593. The lowest BCUT2D eigenvalue weighted by Crippen LogP contribution is -2.16. The van der Waals surface area contributed by atoms with Gasteiger partial charge in [0.05, 0.1) is 11.9 Å². The number of hydrogen-bond acceptors (Lipinski definition) is 4. The van der Waals surface area contributed by atoms with Gasteiger partial charge >= 0.3 is 0 Å². The van der Waals surface area contributed by atoms with Crippen LogP contribution in [0.5, 0.6) is 0 Å². The van der Waals surface area contributed by atoms with E-state index in [4.69, 9.17) is 11.5 Å². The summed E-state index contributed by atoms with van der Waals surface area (Å²) in [4.78, 5) is 20.0. The van der Waals surface area contributed by atoms with Gasteiger partial charge in [-0.05, 0) is 16.8 Å². The van der Waals surface area contributed by atoms with Crippen LogP contribution in [0.1, 0.15) is 10.5 Å². The first kappa shape index (κ1) is 13.3. The van der Waals surface area contributed by atoms with Crippen molar-refractivity contribution in [3.63, 3.8) is 0 Å². The minimum atomic E-state index is -0.579. The second kappa shape index (κ2) is 4.81. The van der Waals surface area contributed by atoms with Crippen molar-refractivity contribution in [3.05, 3.63) is 60.6 Å². The topological polar surface area (TPSA) is 99.3 Å². The zero-order chi connectivity index (χ0) is 16.0. The Labute approximate surface area is 131 Å². The molecule has 0 aliphatic carbocycles. The fourth-order valence-electron chi connectivity index (χ4n) is 2.67. The van der Waals surface area contributed by atoms with Crippen molar-refractivity contribution in [2.45, 2.75) is 0 Å². The monoisotopic (exact) mass is 303 g/mol. The summed E-state index contributed by atoms with van der Waals surface area (Å²) in [7, 11) is 0. The Morgan fingerprint density at radius 2 is 1.87 bits per heavy atom. The van der Waals surface area contributed by atoms with Crippen molar-refractivity contribution < 1.29 is 4.79 Å². The van der Waals surface area contributed by atoms with Gasteiger partial charge in [0.2, 0.25) is 0 Å². The number of aromatic nitrogens is 3. The highest BCUT2D eigenvalue weighted by Gasteiger charge is 2.14. The number of amides is 1. The Bertz CT molecular complexity index is 1070. The van der Waals surface area contributed by atoms with Gasteiger partial charge in [0, 0.05) is 11.8 Å². The van der Waals surface area contributed by atoms with Crippen LogP contribution in [0, 0.1) is 0 Å². The van der Waals surface area contributed by atoms with Crippen molar-refractivity contribution in [3.8, 4) is 11.3 Å². The standard InChI is InChI=1S/C17H13N5O/c18-15-17-21-13(9-22(17)14(8-20-15)16(19)23)12-6-5-10-3-1-2-4-11(10)7-12/h1-9H,(H2,18,20)(H2,19,23). The molecule has 2 aromatic heterocycles. The molecule has 23 heavy (non-hydrogen) atoms. The summed E-state index contributed by atoms with van der Waals surface area (Å²) in [5, 5.41) is 2.27. The SMILES string of the molecule is NC(=O)c1cnc(N)c2nc(-c3ccc4ccccc4c3)cn12. The highest BCUT2D eigenvalue weighted by atomic mass is 16.1. The molecule has 0 fully saturated rings. The molecule has 0 atom stereocenters. The smallest absolute Gasteiger partial charge is 0.267 e. The molecule has 0 saturated heterocycles. The van der Waals surface area contributed by atoms with E-state index in [0.717, 1.165) is 16.3 Å². The average Bonchev–Trinajstić information content (AvgIpc) is 3.00. The van der Waals surface area contributed by atoms with E-state index in [1.54, 1.807) is 10.6 Å². The molecule has 0 aliphatic rings. The van der Waals surface area contributed by atoms with Crippen LogP contribution in [-0.4, -0.2) is 20.3 Å². The van der Waals surface area contributed by atoms with Gasteiger partial charge in [-0.1, -0.05) is 36.4 Å². The Morgan fingerprint density at radius 1 is 1.09 bits per heavy atom. The number of carbonyl (C=O) groups is 1. The van der Waals surface area contributed by atoms with Crippen molar-refractivity contribution >= 4 is 28.1 Å². The predicted octanol–water partition coefficient (Wildman–Crippen LogP) is 2.23. The van der Waals surface area contributed by atoms with Crippen LogP contribution in [0.25, 0.3) is 27.7 Å². The molecular formula is C17H13N5O. The molecule has 0 bridgehead atoms. The number of benzene rings is 2. The molecule has 2 heterocycles. The van der Waals surface area contributed by atoms with E-state index in [1.165, 1.54) is 6.20 Å². The van der Waals surface area contributed by atoms with Gasteiger partial charge in [0.15, 0.2) is 11.5 Å². The lowest BCUT2D eigenvalue weighted by Gasteiger charge is -2.01. The summed E-state index contributed by atoms with van der Waals surface area (Å²) in [6, 6.07) is 14.1. The zero-order valence-corrected chi connectivity index (χ0v) is 12.1. The van der Waals surface area contributed by atoms with Crippen LogP contribution in [0.3, 0.4) is 0 Å². The van der Waals surface area contributed by atoms with E-state index in [2.05, 4.69) is 16.0 Å². The lowest BCUT2D eigenvalue weighted by atomic mass is 10.1. The molecule has 0 spiro atoms. The molecule has 112 valence electrons. The van der Waals surface area contributed by atoms with Crippen LogP contribution < -0.4 is 11.5 Å². The second-order valence-corrected chi connectivity index (χ2v) is 5.27. The summed E-state index contributed by atoms with van der Waals surface area (Å²) in [5.41, 5.74) is 13.5. The Morgan fingerprint density at radius 3 is 2.65 bits per heavy atom. The number of anilines is 1. The third kappa shape index (κ3) is 2.08. The minimum absolute atomic E-state index is 0.244. The van der Waals surface area contributed by atoms with Gasteiger partial charge in [0.25, 0.3) is 5.91 Å². The first-order valence-electron chi connectivity index (χ1n) is 7.06. The molecule has 0 unspecified atom stereocenters. The van der Waals surface area contributed by atoms with Crippen molar-refractivity contribution in [1.29, 1.82) is 0 Å². The van der Waals surface area contributed by atoms with E-state index in [-0.39, 0.29) is 11.5 Å². The molecule has 6 nitrogen and oxygen atoms in total. The number of primary amides is 1. The third-order valence-electron chi connectivity index (χ3n) is 3.82. The van der Waals surface area contributed by atoms with E-state index < -0.39 is 5.91 Å². The van der Waals surface area contributed by atoms with Gasteiger partial charge in [-0.3, -0.25) is 9.20 Å². The van der Waals surface area contributed by atoms with Gasteiger partial charge in [-0.2, -0.15) is 0 Å². The third-order valence-corrected chi connectivity index (χ3v) is 3.82. The van der Waals surface area contributed by atoms with Gasteiger partial charge < -0.3 is 11.5 Å². The maximum Gasteiger partial charge on any atom is 0.267 e. The maximum absolute atomic E-state index is 11.5. The number of fused-ring (bicyclic) bond motifs is 2. The van der Waals surface area contributed by atoms with Crippen LogP contribution in [0.15, 0.2) is 54.9 Å². The highest BCUT2D eigenvalue weighted by molar-refractivity contribution is 5.92. The van der Waals surface area contributed by atoms with Crippen molar-refractivity contribution in [2.24, 2.45) is 5.73 Å².